The molecule has 1 unspecified atom stereocenters. The summed E-state index contributed by atoms with van der Waals surface area (Å²) < 4.78 is 9.15. The number of aromatic nitrogens is 1. The Morgan fingerprint density at radius 2 is 2.33 bits per heavy atom. The van der Waals surface area contributed by atoms with Gasteiger partial charge in [-0.1, -0.05) is 0 Å². The molecule has 1 atom stereocenters. The lowest BCUT2D eigenvalue weighted by atomic mass is 10.1. The number of nitrogens with two attached hydrogens (primary N) is 1. The Bertz CT molecular complexity index is 574. The standard InChI is InChI=1S/C13H18N4O3S/c1-2-20-13(19)10-11(14)15-21-12(10)16-5-6-17-8(7-16)3-4-9(17)18/h8H,2-7H2,1H3,(H2,14,15). The van der Waals surface area contributed by atoms with Crippen LogP contribution in [-0.4, -0.2) is 53.4 Å². The molecule has 0 aliphatic carbocycles. The zero-order chi connectivity index (χ0) is 15.0. The van der Waals surface area contributed by atoms with Crippen molar-refractivity contribution in [3.8, 4) is 0 Å². The first-order chi connectivity index (χ1) is 10.1. The number of rotatable bonds is 3. The van der Waals surface area contributed by atoms with E-state index in [0.717, 1.165) is 18.0 Å². The molecule has 21 heavy (non-hydrogen) atoms. The SMILES string of the molecule is CCOC(=O)c1c(N)nsc1N1CCN2C(=O)CCC2C1. The number of amides is 1. The maximum absolute atomic E-state index is 12.0. The third kappa shape index (κ3) is 2.44. The number of carbonyl (C=O) groups excluding carboxylic acids is 2. The van der Waals surface area contributed by atoms with E-state index < -0.39 is 5.97 Å². The van der Waals surface area contributed by atoms with Crippen molar-refractivity contribution in [2.24, 2.45) is 0 Å². The smallest absolute Gasteiger partial charge is 0.345 e. The van der Waals surface area contributed by atoms with Crippen molar-refractivity contribution in [2.75, 3.05) is 36.9 Å². The first-order valence-corrected chi connectivity index (χ1v) is 7.85. The quantitative estimate of drug-likeness (QED) is 0.827. The van der Waals surface area contributed by atoms with E-state index in [0.29, 0.717) is 31.7 Å². The number of carbonyl (C=O) groups is 2. The summed E-state index contributed by atoms with van der Waals surface area (Å²) in [6, 6.07) is 0.227. The zero-order valence-electron chi connectivity index (χ0n) is 11.9. The Kier molecular flexibility index (Phi) is 3.71. The highest BCUT2D eigenvalue weighted by molar-refractivity contribution is 7.11. The lowest BCUT2D eigenvalue weighted by Gasteiger charge is -2.38. The molecule has 2 N–H and O–H groups in total. The van der Waals surface area contributed by atoms with Gasteiger partial charge in [-0.2, -0.15) is 4.37 Å². The second-order valence-corrected chi connectivity index (χ2v) is 5.95. The third-order valence-electron chi connectivity index (χ3n) is 3.96. The van der Waals surface area contributed by atoms with Gasteiger partial charge < -0.3 is 20.3 Å². The van der Waals surface area contributed by atoms with Gasteiger partial charge in [0.1, 0.15) is 10.6 Å². The topological polar surface area (TPSA) is 88.8 Å². The largest absolute Gasteiger partial charge is 0.462 e. The Balaban J connectivity index is 1.82. The van der Waals surface area contributed by atoms with Crippen LogP contribution in [0, 0.1) is 0 Å². The van der Waals surface area contributed by atoms with Crippen LogP contribution >= 0.6 is 11.5 Å². The van der Waals surface area contributed by atoms with Gasteiger partial charge in [-0.15, -0.1) is 0 Å². The minimum Gasteiger partial charge on any atom is -0.462 e. The molecule has 0 saturated carbocycles. The molecule has 1 amide bonds. The summed E-state index contributed by atoms with van der Waals surface area (Å²) >= 11 is 1.22. The van der Waals surface area contributed by atoms with E-state index >= 15 is 0 Å². The van der Waals surface area contributed by atoms with Gasteiger partial charge in [0, 0.05) is 32.1 Å². The van der Waals surface area contributed by atoms with Crippen LogP contribution in [0.4, 0.5) is 10.8 Å². The number of piperazine rings is 1. The van der Waals surface area contributed by atoms with Crippen LogP contribution < -0.4 is 10.6 Å². The summed E-state index contributed by atoms with van der Waals surface area (Å²) in [5.74, 6) is 0.0242. The molecule has 114 valence electrons. The van der Waals surface area contributed by atoms with Gasteiger partial charge in [0.2, 0.25) is 5.91 Å². The summed E-state index contributed by atoms with van der Waals surface area (Å²) in [6.45, 7) is 4.16. The number of esters is 1. The van der Waals surface area contributed by atoms with Gasteiger partial charge in [0.25, 0.3) is 0 Å². The van der Waals surface area contributed by atoms with E-state index in [-0.39, 0.29) is 17.8 Å². The van der Waals surface area contributed by atoms with Crippen molar-refractivity contribution in [1.82, 2.24) is 9.27 Å². The zero-order valence-corrected chi connectivity index (χ0v) is 12.7. The highest BCUT2D eigenvalue weighted by Crippen LogP contribution is 2.34. The van der Waals surface area contributed by atoms with Gasteiger partial charge in [-0.25, -0.2) is 4.79 Å². The number of fused-ring (bicyclic) bond motifs is 1. The van der Waals surface area contributed by atoms with E-state index in [4.69, 9.17) is 10.5 Å². The van der Waals surface area contributed by atoms with E-state index in [1.165, 1.54) is 11.5 Å². The van der Waals surface area contributed by atoms with Crippen LogP contribution in [0.25, 0.3) is 0 Å². The van der Waals surface area contributed by atoms with E-state index in [2.05, 4.69) is 9.27 Å². The van der Waals surface area contributed by atoms with Crippen LogP contribution in [0.15, 0.2) is 0 Å². The number of hydrogen-bond acceptors (Lipinski definition) is 7. The molecule has 0 radical (unpaired) electrons. The average molecular weight is 310 g/mol. The van der Waals surface area contributed by atoms with Crippen LogP contribution in [0.1, 0.15) is 30.1 Å². The fourth-order valence-corrected chi connectivity index (χ4v) is 3.79. The number of anilines is 2. The van der Waals surface area contributed by atoms with Gasteiger partial charge in [-0.3, -0.25) is 4.79 Å². The minimum atomic E-state index is -0.427. The summed E-state index contributed by atoms with van der Waals surface area (Å²) in [5, 5.41) is 0.755. The van der Waals surface area contributed by atoms with Crippen LogP contribution in [-0.2, 0) is 9.53 Å². The van der Waals surface area contributed by atoms with Crippen molar-refractivity contribution in [2.45, 2.75) is 25.8 Å². The Labute approximate surface area is 126 Å². The molecule has 1 aromatic rings. The molecule has 0 aromatic carbocycles. The molecule has 2 saturated heterocycles. The third-order valence-corrected chi connectivity index (χ3v) is 4.88. The normalized spacial score (nSPS) is 21.6. The van der Waals surface area contributed by atoms with Crippen molar-refractivity contribution < 1.29 is 14.3 Å². The molecular weight excluding hydrogens is 292 g/mol. The highest BCUT2D eigenvalue weighted by atomic mass is 32.1. The molecule has 1 aromatic heterocycles. The molecule has 7 nitrogen and oxygen atoms in total. The molecular formula is C13H18N4O3S. The molecule has 3 heterocycles. The summed E-state index contributed by atoms with van der Waals surface area (Å²) in [7, 11) is 0. The van der Waals surface area contributed by atoms with Crippen LogP contribution in [0.3, 0.4) is 0 Å². The van der Waals surface area contributed by atoms with Gasteiger partial charge >= 0.3 is 5.97 Å². The number of nitrogens with zero attached hydrogens (tertiary/aromatic N) is 3. The molecule has 0 spiro atoms. The lowest BCUT2D eigenvalue weighted by molar-refractivity contribution is -0.129. The molecule has 2 aliphatic rings. The molecule has 8 heteroatoms. The number of hydrogen-bond donors (Lipinski definition) is 1. The summed E-state index contributed by atoms with van der Waals surface area (Å²) in [5.41, 5.74) is 6.18. The lowest BCUT2D eigenvalue weighted by Crippen LogP contribution is -2.51. The second kappa shape index (κ2) is 5.51. The first kappa shape index (κ1) is 14.1. The molecule has 0 bridgehead atoms. The van der Waals surface area contributed by atoms with Gasteiger partial charge in [0.05, 0.1) is 6.61 Å². The number of nitrogen functional groups attached to an aromatic ring is 1. The Hall–Kier alpha value is -1.83. The van der Waals surface area contributed by atoms with Crippen molar-refractivity contribution in [1.29, 1.82) is 0 Å². The van der Waals surface area contributed by atoms with Crippen molar-refractivity contribution >= 4 is 34.2 Å². The predicted octanol–water partition coefficient (Wildman–Crippen LogP) is 0.713. The number of ether oxygens (including phenoxy) is 1. The van der Waals surface area contributed by atoms with E-state index in [1.54, 1.807) is 6.92 Å². The molecule has 2 fully saturated rings. The molecule has 3 rings (SSSR count). The van der Waals surface area contributed by atoms with Crippen molar-refractivity contribution in [3.63, 3.8) is 0 Å². The summed E-state index contributed by atoms with van der Waals surface area (Å²) in [6.07, 6.45) is 1.49. The van der Waals surface area contributed by atoms with Gasteiger partial charge in [0.15, 0.2) is 5.82 Å². The maximum atomic E-state index is 12.0. The fourth-order valence-electron chi connectivity index (χ4n) is 2.95. The van der Waals surface area contributed by atoms with E-state index in [1.807, 2.05) is 4.90 Å². The van der Waals surface area contributed by atoms with Crippen LogP contribution in [0.2, 0.25) is 0 Å². The Morgan fingerprint density at radius 3 is 3.10 bits per heavy atom. The fraction of sp³-hybridized carbons (Fsp3) is 0.615. The molecule has 2 aliphatic heterocycles. The Morgan fingerprint density at radius 1 is 1.52 bits per heavy atom. The summed E-state index contributed by atoms with van der Waals surface area (Å²) in [4.78, 5) is 27.8. The van der Waals surface area contributed by atoms with E-state index in [9.17, 15) is 9.59 Å². The predicted molar refractivity (Wildman–Crippen MR) is 79.4 cm³/mol. The monoisotopic (exact) mass is 310 g/mol. The average Bonchev–Trinajstić information content (AvgIpc) is 3.03. The van der Waals surface area contributed by atoms with Crippen molar-refractivity contribution in [3.05, 3.63) is 5.56 Å². The second-order valence-electron chi connectivity index (χ2n) is 5.19. The maximum Gasteiger partial charge on any atom is 0.345 e. The highest BCUT2D eigenvalue weighted by Gasteiger charge is 2.37. The first-order valence-electron chi connectivity index (χ1n) is 7.08. The van der Waals surface area contributed by atoms with Gasteiger partial charge in [-0.05, 0) is 24.9 Å². The minimum absolute atomic E-state index is 0.221. The van der Waals surface area contributed by atoms with Crippen LogP contribution in [0.5, 0.6) is 0 Å².